The molecule has 6 nitrogen and oxygen atoms in total. The molecule has 2 N–H and O–H groups in total. The van der Waals surface area contributed by atoms with Gasteiger partial charge in [0.15, 0.2) is 0 Å². The van der Waals surface area contributed by atoms with Crippen molar-refractivity contribution in [3.8, 4) is 0 Å². The Balaban J connectivity index is 1.98. The van der Waals surface area contributed by atoms with Crippen LogP contribution >= 0.6 is 15.9 Å². The first-order valence-electron chi connectivity index (χ1n) is 8.52. The summed E-state index contributed by atoms with van der Waals surface area (Å²) in [5.74, 6) is -2.75. The van der Waals surface area contributed by atoms with Gasteiger partial charge in [-0.25, -0.2) is 4.98 Å². The fourth-order valence-electron chi connectivity index (χ4n) is 3.37. The summed E-state index contributed by atoms with van der Waals surface area (Å²) in [5, 5.41) is 4.08. The molecule has 0 saturated heterocycles. The third kappa shape index (κ3) is 2.65. The van der Waals surface area contributed by atoms with E-state index < -0.39 is 23.7 Å². The summed E-state index contributed by atoms with van der Waals surface area (Å²) in [7, 11) is 0. The Morgan fingerprint density at radius 1 is 1.24 bits per heavy atom. The Kier molecular flexibility index (Phi) is 4.23. The lowest BCUT2D eigenvalue weighted by molar-refractivity contribution is -0.213. The van der Waals surface area contributed by atoms with E-state index in [1.165, 1.54) is 30.3 Å². The second-order valence-electron chi connectivity index (χ2n) is 6.75. The van der Waals surface area contributed by atoms with Crippen LogP contribution in [0.1, 0.15) is 21.5 Å². The number of imidazole rings is 1. The van der Waals surface area contributed by atoms with Gasteiger partial charge in [-0.15, -0.1) is 0 Å². The first kappa shape index (κ1) is 19.4. The van der Waals surface area contributed by atoms with Crippen molar-refractivity contribution in [3.05, 3.63) is 57.6 Å². The predicted octanol–water partition coefficient (Wildman–Crippen LogP) is 4.01. The number of nitrogens with zero attached hydrogens (tertiary/aromatic N) is 2. The number of amides is 2. The van der Waals surface area contributed by atoms with Crippen LogP contribution < -0.4 is 10.6 Å². The zero-order valence-corrected chi connectivity index (χ0v) is 16.8. The number of anilines is 1. The molecule has 1 aliphatic rings. The van der Waals surface area contributed by atoms with E-state index in [0.29, 0.717) is 14.6 Å². The second-order valence-corrected chi connectivity index (χ2v) is 7.55. The van der Waals surface area contributed by atoms with Crippen molar-refractivity contribution in [2.45, 2.75) is 25.7 Å². The number of halogens is 4. The van der Waals surface area contributed by atoms with Gasteiger partial charge in [0.1, 0.15) is 5.52 Å². The third-order valence-corrected chi connectivity index (χ3v) is 6.00. The normalized spacial score (nSPS) is 18.6. The topological polar surface area (TPSA) is 76.0 Å². The van der Waals surface area contributed by atoms with Gasteiger partial charge in [0.05, 0.1) is 5.52 Å². The number of carbonyl (C=O) groups excluding carboxylic acids is 2. The van der Waals surface area contributed by atoms with E-state index in [-0.39, 0.29) is 22.5 Å². The van der Waals surface area contributed by atoms with Crippen LogP contribution in [0.25, 0.3) is 11.0 Å². The Bertz CT molecular complexity index is 1170. The van der Waals surface area contributed by atoms with Crippen LogP contribution in [0, 0.1) is 13.8 Å². The molecule has 0 fully saturated rings. The number of benzene rings is 2. The van der Waals surface area contributed by atoms with Crippen molar-refractivity contribution in [2.24, 2.45) is 0 Å². The summed E-state index contributed by atoms with van der Waals surface area (Å²) in [5.41, 5.74) is -1.49. The van der Waals surface area contributed by atoms with E-state index in [9.17, 15) is 22.8 Å². The summed E-state index contributed by atoms with van der Waals surface area (Å²) >= 11 is 3.37. The molecule has 1 aromatic heterocycles. The maximum absolute atomic E-state index is 14.4. The quantitative estimate of drug-likeness (QED) is 0.598. The first-order chi connectivity index (χ1) is 13.6. The van der Waals surface area contributed by atoms with Gasteiger partial charge in [-0.05, 0) is 59.1 Å². The fraction of sp³-hybridized carbons (Fsp3) is 0.211. The summed E-state index contributed by atoms with van der Waals surface area (Å²) in [6, 6.07) is 8.91. The number of hydrogen-bond donors (Lipinski definition) is 2. The zero-order chi connectivity index (χ0) is 21.1. The van der Waals surface area contributed by atoms with Gasteiger partial charge in [-0.2, -0.15) is 13.2 Å². The van der Waals surface area contributed by atoms with Crippen molar-refractivity contribution in [2.75, 3.05) is 5.32 Å². The summed E-state index contributed by atoms with van der Waals surface area (Å²) in [6.45, 7) is 3.54. The number of carbonyl (C=O) groups is 2. The zero-order valence-electron chi connectivity index (χ0n) is 15.2. The largest absolute Gasteiger partial charge is 0.440 e. The molecule has 2 heterocycles. The lowest BCUT2D eigenvalue weighted by Gasteiger charge is -2.32. The Labute approximate surface area is 171 Å². The summed E-state index contributed by atoms with van der Waals surface area (Å²) in [4.78, 5) is 29.4. The molecule has 0 bridgehead atoms. The molecular weight excluding hydrogens is 453 g/mol. The number of aryl methyl sites for hydroxylation is 1. The molecule has 4 rings (SSSR count). The second kappa shape index (κ2) is 6.31. The van der Waals surface area contributed by atoms with E-state index in [4.69, 9.17) is 0 Å². The molecule has 3 aromatic rings. The van der Waals surface area contributed by atoms with Gasteiger partial charge in [0.2, 0.25) is 5.95 Å². The van der Waals surface area contributed by atoms with Gasteiger partial charge in [-0.1, -0.05) is 18.2 Å². The first-order valence-corrected chi connectivity index (χ1v) is 9.31. The fourth-order valence-corrected chi connectivity index (χ4v) is 3.98. The molecule has 0 spiro atoms. The Morgan fingerprint density at radius 3 is 2.52 bits per heavy atom. The predicted molar refractivity (Wildman–Crippen MR) is 103 cm³/mol. The van der Waals surface area contributed by atoms with Crippen molar-refractivity contribution >= 4 is 44.7 Å². The minimum Gasteiger partial charge on any atom is -0.313 e. The van der Waals surface area contributed by atoms with Gasteiger partial charge < -0.3 is 5.32 Å². The summed E-state index contributed by atoms with van der Waals surface area (Å²) < 4.78 is 44.3. The Morgan fingerprint density at radius 2 is 1.90 bits per heavy atom. The van der Waals surface area contributed by atoms with Gasteiger partial charge in [0, 0.05) is 10.0 Å². The Hall–Kier alpha value is -2.88. The minimum absolute atomic E-state index is 0.00463. The van der Waals surface area contributed by atoms with Crippen LogP contribution in [-0.4, -0.2) is 27.5 Å². The number of nitrogens with one attached hydrogen (secondary N) is 2. The molecule has 1 unspecified atom stereocenters. The van der Waals surface area contributed by atoms with Crippen LogP contribution in [0.15, 0.2) is 40.9 Å². The van der Waals surface area contributed by atoms with Crippen LogP contribution in [0.4, 0.5) is 19.1 Å². The molecule has 0 saturated carbocycles. The molecule has 1 atom stereocenters. The monoisotopic (exact) mass is 466 g/mol. The number of alkyl halides is 3. The van der Waals surface area contributed by atoms with Crippen LogP contribution in [0.2, 0.25) is 0 Å². The summed E-state index contributed by atoms with van der Waals surface area (Å²) in [6.07, 6.45) is -5.13. The number of aromatic nitrogens is 2. The van der Waals surface area contributed by atoms with Gasteiger partial charge >= 0.3 is 6.18 Å². The smallest absolute Gasteiger partial charge is 0.313 e. The number of fused-ring (bicyclic) bond motifs is 3. The maximum Gasteiger partial charge on any atom is 0.440 e. The van der Waals surface area contributed by atoms with Crippen molar-refractivity contribution in [1.82, 2.24) is 14.9 Å². The van der Waals surface area contributed by atoms with Crippen LogP contribution in [-0.2, 0) is 10.5 Å². The van der Waals surface area contributed by atoms with E-state index in [1.54, 1.807) is 19.9 Å². The van der Waals surface area contributed by atoms with Gasteiger partial charge in [0.25, 0.3) is 17.5 Å². The lowest BCUT2D eigenvalue weighted by atomic mass is 10.1. The molecule has 0 radical (unpaired) electrons. The molecule has 10 heteroatoms. The highest BCUT2D eigenvalue weighted by molar-refractivity contribution is 9.10. The number of hydrogen-bond acceptors (Lipinski definition) is 3. The molecule has 150 valence electrons. The molecule has 2 amide bonds. The number of rotatable bonds is 2. The SMILES string of the molecule is Cc1cc2c(nc3n2C(NC(=O)c2ccccc2)(C(F)(F)F)C(=O)N3)c(Br)c1C. The highest BCUT2D eigenvalue weighted by Gasteiger charge is 2.67. The maximum atomic E-state index is 14.4. The van der Waals surface area contributed by atoms with Crippen LogP contribution in [0.5, 0.6) is 0 Å². The molecule has 2 aromatic carbocycles. The average Bonchev–Trinajstić information content (AvgIpc) is 3.15. The molecule has 29 heavy (non-hydrogen) atoms. The van der Waals surface area contributed by atoms with Gasteiger partial charge in [-0.3, -0.25) is 19.5 Å². The molecule has 0 aliphatic carbocycles. The van der Waals surface area contributed by atoms with Crippen molar-refractivity contribution in [1.29, 1.82) is 0 Å². The van der Waals surface area contributed by atoms with E-state index >= 15 is 0 Å². The van der Waals surface area contributed by atoms with E-state index in [2.05, 4.69) is 26.2 Å². The van der Waals surface area contributed by atoms with E-state index in [1.807, 2.05) is 5.32 Å². The van der Waals surface area contributed by atoms with E-state index in [0.717, 1.165) is 5.56 Å². The highest BCUT2D eigenvalue weighted by Crippen LogP contribution is 2.45. The van der Waals surface area contributed by atoms with Crippen LogP contribution in [0.3, 0.4) is 0 Å². The third-order valence-electron chi connectivity index (χ3n) is 5.02. The standard InChI is InChI=1S/C19H14BrF3N4O2/c1-9-8-12-14(13(20)10(9)2)24-17-25-16(29)18(27(12)17,19(21,22)23)26-15(28)11-6-4-3-5-7-11/h3-8H,1-2H3,(H,26,28)(H,24,25,29). The molecule has 1 aliphatic heterocycles. The van der Waals surface area contributed by atoms with Crippen molar-refractivity contribution in [3.63, 3.8) is 0 Å². The average molecular weight is 467 g/mol. The molecular formula is C19H14BrF3N4O2. The van der Waals surface area contributed by atoms with Crippen molar-refractivity contribution < 1.29 is 22.8 Å². The highest BCUT2D eigenvalue weighted by atomic mass is 79.9. The lowest BCUT2D eigenvalue weighted by Crippen LogP contribution is -2.63. The minimum atomic E-state index is -5.13.